The van der Waals surface area contributed by atoms with Crippen molar-refractivity contribution < 1.29 is 4.74 Å². The molecule has 0 unspecified atom stereocenters. The first-order valence-corrected chi connectivity index (χ1v) is 7.87. The van der Waals surface area contributed by atoms with Gasteiger partial charge in [-0.1, -0.05) is 45.7 Å². The predicted octanol–water partition coefficient (Wildman–Crippen LogP) is 3.28. The Morgan fingerprint density at radius 3 is 2.25 bits per heavy atom. The fourth-order valence-electron chi connectivity index (χ4n) is 2.30. The molecule has 0 atom stereocenters. The molecule has 3 heteroatoms. The number of rotatable bonds is 10. The Morgan fingerprint density at radius 2 is 1.75 bits per heavy atom. The van der Waals surface area contributed by atoms with E-state index in [0.29, 0.717) is 6.54 Å². The van der Waals surface area contributed by atoms with Crippen molar-refractivity contribution in [1.82, 2.24) is 4.90 Å². The normalized spacial score (nSPS) is 11.3. The zero-order valence-corrected chi connectivity index (χ0v) is 13.3. The summed E-state index contributed by atoms with van der Waals surface area (Å²) in [6.45, 7) is 11.4. The molecule has 0 bridgehead atoms. The van der Waals surface area contributed by atoms with Gasteiger partial charge in [0.05, 0.1) is 0 Å². The van der Waals surface area contributed by atoms with E-state index in [1.54, 1.807) is 0 Å². The zero-order valence-electron chi connectivity index (χ0n) is 13.3. The average Bonchev–Trinajstić information content (AvgIpc) is 2.51. The maximum absolute atomic E-state index is 5.80. The monoisotopic (exact) mass is 278 g/mol. The van der Waals surface area contributed by atoms with Crippen LogP contribution in [0, 0.1) is 5.92 Å². The summed E-state index contributed by atoms with van der Waals surface area (Å²) < 4.78 is 5.80. The highest BCUT2D eigenvalue weighted by Crippen LogP contribution is 2.13. The van der Waals surface area contributed by atoms with Crippen molar-refractivity contribution in [3.8, 4) is 5.75 Å². The van der Waals surface area contributed by atoms with E-state index in [9.17, 15) is 0 Å². The van der Waals surface area contributed by atoms with Crippen molar-refractivity contribution in [2.45, 2.75) is 40.2 Å². The first-order chi connectivity index (χ1) is 9.73. The Labute approximate surface area is 124 Å². The first-order valence-electron chi connectivity index (χ1n) is 7.87. The van der Waals surface area contributed by atoms with Gasteiger partial charge in [-0.05, 0) is 30.2 Å². The maximum Gasteiger partial charge on any atom is 0.119 e. The summed E-state index contributed by atoms with van der Waals surface area (Å²) in [6, 6.07) is 8.05. The Bertz CT molecular complexity index is 347. The van der Waals surface area contributed by atoms with E-state index in [2.05, 4.69) is 25.7 Å². The molecule has 114 valence electrons. The molecule has 0 aliphatic carbocycles. The topological polar surface area (TPSA) is 38.5 Å². The summed E-state index contributed by atoms with van der Waals surface area (Å²) in [5, 5.41) is 0. The van der Waals surface area contributed by atoms with Gasteiger partial charge in [0.1, 0.15) is 12.4 Å². The van der Waals surface area contributed by atoms with Crippen molar-refractivity contribution in [2.24, 2.45) is 11.7 Å². The molecule has 0 fully saturated rings. The largest absolute Gasteiger partial charge is 0.492 e. The van der Waals surface area contributed by atoms with Crippen molar-refractivity contribution >= 4 is 0 Å². The number of ether oxygens (including phenoxy) is 1. The van der Waals surface area contributed by atoms with Crippen LogP contribution < -0.4 is 10.5 Å². The lowest BCUT2D eigenvalue weighted by Crippen LogP contribution is -2.32. The summed E-state index contributed by atoms with van der Waals surface area (Å²) in [6.07, 6.45) is 2.52. The van der Waals surface area contributed by atoms with Crippen LogP contribution in [0.3, 0.4) is 0 Å². The van der Waals surface area contributed by atoms with Gasteiger partial charge in [-0.15, -0.1) is 0 Å². The molecule has 0 radical (unpaired) electrons. The minimum atomic E-state index is 0.583. The smallest absolute Gasteiger partial charge is 0.119 e. The quantitative estimate of drug-likeness (QED) is 0.714. The number of hydrogen-bond acceptors (Lipinski definition) is 3. The number of nitrogens with zero attached hydrogens (tertiary/aromatic N) is 1. The summed E-state index contributed by atoms with van der Waals surface area (Å²) in [5.41, 5.74) is 6.72. The molecule has 0 saturated heterocycles. The van der Waals surface area contributed by atoms with Gasteiger partial charge in [0, 0.05) is 19.6 Å². The highest BCUT2D eigenvalue weighted by atomic mass is 16.5. The third kappa shape index (κ3) is 5.93. The molecular formula is C17H30N2O. The molecule has 0 aliphatic rings. The Kier molecular flexibility index (Phi) is 8.31. The summed E-state index contributed by atoms with van der Waals surface area (Å²) in [4.78, 5) is 2.48. The SMILES string of the molecule is CCC(CC)CN(CC)CCOc1ccc(CN)cc1. The second kappa shape index (κ2) is 9.78. The molecule has 0 amide bonds. The molecule has 0 aliphatic heterocycles. The van der Waals surface area contributed by atoms with Crippen molar-refractivity contribution in [1.29, 1.82) is 0 Å². The Hall–Kier alpha value is -1.06. The van der Waals surface area contributed by atoms with Crippen molar-refractivity contribution in [3.63, 3.8) is 0 Å². The molecule has 0 spiro atoms. The van der Waals surface area contributed by atoms with Crippen LogP contribution in [-0.2, 0) is 6.54 Å². The van der Waals surface area contributed by atoms with Crippen molar-refractivity contribution in [3.05, 3.63) is 29.8 Å². The van der Waals surface area contributed by atoms with Crippen LogP contribution in [0.4, 0.5) is 0 Å². The molecule has 2 N–H and O–H groups in total. The highest BCUT2D eigenvalue weighted by Gasteiger charge is 2.09. The predicted molar refractivity (Wildman–Crippen MR) is 86.0 cm³/mol. The van der Waals surface area contributed by atoms with E-state index >= 15 is 0 Å². The molecular weight excluding hydrogens is 248 g/mol. The minimum Gasteiger partial charge on any atom is -0.492 e. The van der Waals surface area contributed by atoms with E-state index in [-0.39, 0.29) is 0 Å². The van der Waals surface area contributed by atoms with E-state index in [0.717, 1.165) is 36.9 Å². The molecule has 1 aromatic rings. The molecule has 1 aromatic carbocycles. The van der Waals surface area contributed by atoms with E-state index < -0.39 is 0 Å². The minimum absolute atomic E-state index is 0.583. The number of hydrogen-bond donors (Lipinski definition) is 1. The summed E-state index contributed by atoms with van der Waals surface area (Å²) >= 11 is 0. The lowest BCUT2D eigenvalue weighted by molar-refractivity contribution is 0.188. The van der Waals surface area contributed by atoms with E-state index in [1.807, 2.05) is 24.3 Å². The van der Waals surface area contributed by atoms with Gasteiger partial charge in [0.2, 0.25) is 0 Å². The molecule has 0 saturated carbocycles. The third-order valence-electron chi connectivity index (χ3n) is 3.95. The van der Waals surface area contributed by atoms with E-state index in [1.165, 1.54) is 19.4 Å². The average molecular weight is 278 g/mol. The Balaban J connectivity index is 2.33. The highest BCUT2D eigenvalue weighted by molar-refractivity contribution is 5.27. The molecule has 20 heavy (non-hydrogen) atoms. The fraction of sp³-hybridized carbons (Fsp3) is 0.647. The van der Waals surface area contributed by atoms with Gasteiger partial charge in [-0.3, -0.25) is 4.90 Å². The maximum atomic E-state index is 5.80. The van der Waals surface area contributed by atoms with Crippen LogP contribution >= 0.6 is 0 Å². The lowest BCUT2D eigenvalue weighted by atomic mass is 10.0. The molecule has 0 heterocycles. The van der Waals surface area contributed by atoms with Crippen LogP contribution in [0.1, 0.15) is 39.2 Å². The number of nitrogens with two attached hydrogens (primary N) is 1. The van der Waals surface area contributed by atoms with Gasteiger partial charge in [-0.2, -0.15) is 0 Å². The third-order valence-corrected chi connectivity index (χ3v) is 3.95. The molecule has 3 nitrogen and oxygen atoms in total. The van der Waals surface area contributed by atoms with Crippen molar-refractivity contribution in [2.75, 3.05) is 26.2 Å². The van der Waals surface area contributed by atoms with Gasteiger partial charge in [0.15, 0.2) is 0 Å². The van der Waals surface area contributed by atoms with Crippen LogP contribution in [0.15, 0.2) is 24.3 Å². The number of likely N-dealkylation sites (N-methyl/N-ethyl adjacent to an activating group) is 1. The van der Waals surface area contributed by atoms with Gasteiger partial charge >= 0.3 is 0 Å². The first kappa shape index (κ1) is 17.0. The fourth-order valence-corrected chi connectivity index (χ4v) is 2.30. The van der Waals surface area contributed by atoms with Gasteiger partial charge in [0.25, 0.3) is 0 Å². The van der Waals surface area contributed by atoms with E-state index in [4.69, 9.17) is 10.5 Å². The molecule has 1 rings (SSSR count). The standard InChI is InChI=1S/C17H30N2O/c1-4-15(5-2)14-19(6-3)11-12-20-17-9-7-16(13-18)8-10-17/h7-10,15H,4-6,11-14,18H2,1-3H3. The van der Waals surface area contributed by atoms with Gasteiger partial charge < -0.3 is 10.5 Å². The summed E-state index contributed by atoms with van der Waals surface area (Å²) in [7, 11) is 0. The van der Waals surface area contributed by atoms with Crippen LogP contribution in [0.2, 0.25) is 0 Å². The van der Waals surface area contributed by atoms with Crippen LogP contribution in [0.5, 0.6) is 5.75 Å². The Morgan fingerprint density at radius 1 is 1.10 bits per heavy atom. The second-order valence-corrected chi connectivity index (χ2v) is 5.27. The van der Waals surface area contributed by atoms with Gasteiger partial charge in [-0.25, -0.2) is 0 Å². The molecule has 0 aromatic heterocycles. The summed E-state index contributed by atoms with van der Waals surface area (Å²) in [5.74, 6) is 1.74. The zero-order chi connectivity index (χ0) is 14.8. The van der Waals surface area contributed by atoms with Crippen LogP contribution in [0.25, 0.3) is 0 Å². The second-order valence-electron chi connectivity index (χ2n) is 5.27. The number of benzene rings is 1. The lowest BCUT2D eigenvalue weighted by Gasteiger charge is -2.25. The van der Waals surface area contributed by atoms with Crippen LogP contribution in [-0.4, -0.2) is 31.1 Å².